The maximum atomic E-state index is 13.2. The van der Waals surface area contributed by atoms with E-state index < -0.39 is 23.8 Å². The van der Waals surface area contributed by atoms with Gasteiger partial charge in [0, 0.05) is 6.42 Å². The van der Waals surface area contributed by atoms with Crippen molar-refractivity contribution in [3.05, 3.63) is 107 Å². The fourth-order valence-electron chi connectivity index (χ4n) is 3.27. The summed E-state index contributed by atoms with van der Waals surface area (Å²) in [4.78, 5) is 25.0. The zero-order chi connectivity index (χ0) is 20.6. The van der Waals surface area contributed by atoms with Crippen molar-refractivity contribution in [3.8, 4) is 6.07 Å². The molecule has 29 heavy (non-hydrogen) atoms. The van der Waals surface area contributed by atoms with Crippen LogP contribution in [0.3, 0.4) is 0 Å². The Hall–Kier alpha value is -3.91. The van der Waals surface area contributed by atoms with Crippen LogP contribution in [0.25, 0.3) is 0 Å². The first-order valence-corrected chi connectivity index (χ1v) is 9.21. The van der Waals surface area contributed by atoms with Gasteiger partial charge in [0.1, 0.15) is 6.04 Å². The van der Waals surface area contributed by atoms with Crippen LogP contribution in [0.15, 0.2) is 84.9 Å². The highest BCUT2D eigenvalue weighted by Gasteiger charge is 2.28. The number of nitriles is 1. The molecule has 0 aliphatic rings. The average Bonchev–Trinajstić information content (AvgIpc) is 2.75. The molecule has 5 heteroatoms. The van der Waals surface area contributed by atoms with Crippen molar-refractivity contribution in [2.24, 2.45) is 0 Å². The second kappa shape index (κ2) is 9.34. The number of amides is 1. The number of hydrogen-bond acceptors (Lipinski definition) is 3. The minimum absolute atomic E-state index is 0.0289. The van der Waals surface area contributed by atoms with Gasteiger partial charge in [-0.1, -0.05) is 78.9 Å². The van der Waals surface area contributed by atoms with Crippen molar-refractivity contribution in [1.82, 2.24) is 5.32 Å². The Kier molecular flexibility index (Phi) is 6.39. The molecule has 0 aliphatic carbocycles. The summed E-state index contributed by atoms with van der Waals surface area (Å²) in [7, 11) is 0. The van der Waals surface area contributed by atoms with Crippen molar-refractivity contribution in [3.63, 3.8) is 0 Å². The Labute approximate surface area is 169 Å². The lowest BCUT2D eigenvalue weighted by atomic mass is 9.90. The Morgan fingerprint density at radius 2 is 1.38 bits per heavy atom. The molecule has 0 saturated heterocycles. The van der Waals surface area contributed by atoms with E-state index in [2.05, 4.69) is 11.4 Å². The van der Waals surface area contributed by atoms with Gasteiger partial charge in [0.2, 0.25) is 5.91 Å². The van der Waals surface area contributed by atoms with E-state index in [1.807, 2.05) is 60.7 Å². The van der Waals surface area contributed by atoms with Crippen molar-refractivity contribution in [2.75, 3.05) is 0 Å². The summed E-state index contributed by atoms with van der Waals surface area (Å²) in [6.45, 7) is 0. The number of carbonyl (C=O) groups excluding carboxylic acids is 1. The van der Waals surface area contributed by atoms with Gasteiger partial charge in [-0.2, -0.15) is 5.26 Å². The number of nitrogens with one attached hydrogen (secondary N) is 1. The fourth-order valence-corrected chi connectivity index (χ4v) is 3.27. The number of aliphatic carboxylic acids is 1. The van der Waals surface area contributed by atoms with Gasteiger partial charge in [-0.15, -0.1) is 0 Å². The lowest BCUT2D eigenvalue weighted by Crippen LogP contribution is -2.44. The molecule has 0 bridgehead atoms. The highest BCUT2D eigenvalue weighted by molar-refractivity contribution is 5.90. The first-order chi connectivity index (χ1) is 14.1. The van der Waals surface area contributed by atoms with Crippen LogP contribution in [0, 0.1) is 11.3 Å². The zero-order valence-corrected chi connectivity index (χ0v) is 15.7. The van der Waals surface area contributed by atoms with Crippen molar-refractivity contribution < 1.29 is 14.7 Å². The van der Waals surface area contributed by atoms with E-state index in [4.69, 9.17) is 0 Å². The van der Waals surface area contributed by atoms with E-state index in [-0.39, 0.29) is 6.42 Å². The molecule has 2 N–H and O–H groups in total. The number of nitrogens with zero attached hydrogens (tertiary/aromatic N) is 1. The Bertz CT molecular complexity index is 987. The van der Waals surface area contributed by atoms with Gasteiger partial charge in [0.25, 0.3) is 0 Å². The lowest BCUT2D eigenvalue weighted by Gasteiger charge is -2.21. The number of carbonyl (C=O) groups is 2. The Balaban J connectivity index is 1.89. The standard InChI is InChI=1S/C24H20N2O3/c25-16-20-14-8-7-13-19(20)15-21(24(28)29)26-23(27)22(17-9-3-1-4-10-17)18-11-5-2-6-12-18/h1-14,21-22H,15H2,(H,26,27)(H,28,29)/t21-/m1/s1. The number of hydrogen-bond donors (Lipinski definition) is 2. The second-order valence-electron chi connectivity index (χ2n) is 6.63. The molecule has 144 valence electrons. The van der Waals surface area contributed by atoms with Crippen LogP contribution in [-0.2, 0) is 16.0 Å². The quantitative estimate of drug-likeness (QED) is 0.652. The first kappa shape index (κ1) is 19.8. The zero-order valence-electron chi connectivity index (χ0n) is 15.7. The maximum Gasteiger partial charge on any atom is 0.326 e. The largest absolute Gasteiger partial charge is 0.480 e. The van der Waals surface area contributed by atoms with Gasteiger partial charge in [0.15, 0.2) is 0 Å². The third-order valence-corrected chi connectivity index (χ3v) is 4.70. The minimum atomic E-state index is -1.15. The molecule has 0 fully saturated rings. The SMILES string of the molecule is N#Cc1ccccc1C[C@@H](NC(=O)C(c1ccccc1)c1ccccc1)C(=O)O. The Morgan fingerprint density at radius 3 is 1.90 bits per heavy atom. The molecule has 3 aromatic carbocycles. The highest BCUT2D eigenvalue weighted by atomic mass is 16.4. The van der Waals surface area contributed by atoms with Gasteiger partial charge < -0.3 is 10.4 Å². The van der Waals surface area contributed by atoms with E-state index in [0.29, 0.717) is 11.1 Å². The summed E-state index contributed by atoms with van der Waals surface area (Å²) in [6.07, 6.45) is 0.0289. The van der Waals surface area contributed by atoms with Crippen LogP contribution >= 0.6 is 0 Å². The molecule has 3 rings (SSSR count). The van der Waals surface area contributed by atoms with Gasteiger partial charge >= 0.3 is 5.97 Å². The summed E-state index contributed by atoms with van der Waals surface area (Å²) in [6, 6.07) is 26.2. The number of benzene rings is 3. The number of rotatable bonds is 7. The first-order valence-electron chi connectivity index (χ1n) is 9.21. The van der Waals surface area contributed by atoms with Crippen LogP contribution in [0.5, 0.6) is 0 Å². The van der Waals surface area contributed by atoms with Crippen LogP contribution < -0.4 is 5.32 Å². The molecule has 0 aromatic heterocycles. The van der Waals surface area contributed by atoms with E-state index in [0.717, 1.165) is 11.1 Å². The fraction of sp³-hybridized carbons (Fsp3) is 0.125. The normalized spacial score (nSPS) is 11.4. The minimum Gasteiger partial charge on any atom is -0.480 e. The summed E-state index contributed by atoms with van der Waals surface area (Å²) < 4.78 is 0. The monoisotopic (exact) mass is 384 g/mol. The van der Waals surface area contributed by atoms with Crippen LogP contribution in [0.2, 0.25) is 0 Å². The van der Waals surface area contributed by atoms with Gasteiger partial charge in [-0.3, -0.25) is 4.79 Å². The lowest BCUT2D eigenvalue weighted by molar-refractivity contribution is -0.141. The third kappa shape index (κ3) is 4.88. The van der Waals surface area contributed by atoms with Crippen LogP contribution in [0.1, 0.15) is 28.2 Å². The molecule has 0 saturated carbocycles. The summed E-state index contributed by atoms with van der Waals surface area (Å²) >= 11 is 0. The van der Waals surface area contributed by atoms with Crippen molar-refractivity contribution >= 4 is 11.9 Å². The van der Waals surface area contributed by atoms with Crippen LogP contribution in [0.4, 0.5) is 0 Å². The van der Waals surface area contributed by atoms with E-state index in [1.165, 1.54) is 0 Å². The van der Waals surface area contributed by atoms with E-state index in [1.54, 1.807) is 24.3 Å². The summed E-state index contributed by atoms with van der Waals surface area (Å²) in [5.74, 6) is -2.18. The predicted molar refractivity (Wildman–Crippen MR) is 109 cm³/mol. The molecule has 0 aliphatic heterocycles. The second-order valence-corrected chi connectivity index (χ2v) is 6.63. The smallest absolute Gasteiger partial charge is 0.326 e. The molecular weight excluding hydrogens is 364 g/mol. The molecule has 5 nitrogen and oxygen atoms in total. The Morgan fingerprint density at radius 1 is 0.862 bits per heavy atom. The maximum absolute atomic E-state index is 13.2. The van der Waals surface area contributed by atoms with Gasteiger partial charge in [-0.05, 0) is 22.8 Å². The molecule has 1 amide bonds. The van der Waals surface area contributed by atoms with Gasteiger partial charge in [0.05, 0.1) is 17.6 Å². The molecule has 1 atom stereocenters. The van der Waals surface area contributed by atoms with Crippen molar-refractivity contribution in [2.45, 2.75) is 18.4 Å². The number of carboxylic acid groups (broad SMARTS) is 1. The van der Waals surface area contributed by atoms with Crippen LogP contribution in [-0.4, -0.2) is 23.0 Å². The average molecular weight is 384 g/mol. The summed E-state index contributed by atoms with van der Waals surface area (Å²) in [5.41, 5.74) is 2.53. The van der Waals surface area contributed by atoms with Crippen molar-refractivity contribution in [1.29, 1.82) is 5.26 Å². The number of carboxylic acids is 1. The van der Waals surface area contributed by atoms with E-state index >= 15 is 0 Å². The molecule has 3 aromatic rings. The highest BCUT2D eigenvalue weighted by Crippen LogP contribution is 2.25. The van der Waals surface area contributed by atoms with E-state index in [9.17, 15) is 20.0 Å². The molecule has 0 spiro atoms. The summed E-state index contributed by atoms with van der Waals surface area (Å²) in [5, 5.41) is 21.6. The molecular formula is C24H20N2O3. The third-order valence-electron chi connectivity index (χ3n) is 4.70. The predicted octanol–water partition coefficient (Wildman–Crippen LogP) is 3.50. The molecule has 0 heterocycles. The topological polar surface area (TPSA) is 90.2 Å². The molecule has 0 unspecified atom stereocenters. The van der Waals surface area contributed by atoms with Gasteiger partial charge in [-0.25, -0.2) is 4.79 Å². The molecule has 0 radical (unpaired) electrons.